The first-order valence-corrected chi connectivity index (χ1v) is 29.5. The summed E-state index contributed by atoms with van der Waals surface area (Å²) < 4.78 is 4.46. The summed E-state index contributed by atoms with van der Waals surface area (Å²) in [7, 11) is 0. The van der Waals surface area contributed by atoms with Crippen molar-refractivity contribution < 1.29 is 48.7 Å². The van der Waals surface area contributed by atoms with E-state index in [1.165, 1.54) is 24.3 Å². The highest BCUT2D eigenvalue weighted by atomic mass is 35.5. The lowest BCUT2D eigenvalue weighted by molar-refractivity contribution is -0.538. The number of aromatic nitrogens is 4. The number of carboxylic acids is 4. The van der Waals surface area contributed by atoms with E-state index in [9.17, 15) is 29.4 Å². The number of fused-ring (bicyclic) bond motifs is 4. The molecule has 12 rings (SSSR count). The third-order valence-corrected chi connectivity index (χ3v) is 14.5. The Morgan fingerprint density at radius 3 is 0.978 bits per heavy atom. The fourth-order valence-electron chi connectivity index (χ4n) is 9.39. The number of halogens is 4. The number of para-hydroxylation sites is 4. The highest BCUT2D eigenvalue weighted by molar-refractivity contribution is 6.31. The van der Waals surface area contributed by atoms with Crippen LogP contribution >= 0.6 is 46.4 Å². The maximum atomic E-state index is 10.3. The van der Waals surface area contributed by atoms with Gasteiger partial charge < -0.3 is 51.3 Å². The van der Waals surface area contributed by atoms with Crippen molar-refractivity contribution >= 4 is 149 Å². The van der Waals surface area contributed by atoms with E-state index < -0.39 is 23.9 Å². The molecule has 0 fully saturated rings. The average Bonchev–Trinajstić information content (AvgIpc) is 0.791. The van der Waals surface area contributed by atoms with Crippen LogP contribution in [0.4, 0.5) is 34.1 Å². The molecule has 2 heterocycles. The summed E-state index contributed by atoms with van der Waals surface area (Å²) in [5, 5.41) is 54.4. The van der Waals surface area contributed by atoms with Crippen molar-refractivity contribution in [1.29, 1.82) is 0 Å². The van der Waals surface area contributed by atoms with Crippen molar-refractivity contribution in [3.05, 3.63) is 261 Å². The molecule has 10 aromatic carbocycles. The monoisotopic (exact) mass is 1280 g/mol. The molecule has 6 N–H and O–H groups in total. The Kier molecular flexibility index (Phi) is 20.7. The van der Waals surface area contributed by atoms with Crippen molar-refractivity contribution in [2.24, 2.45) is 0 Å². The Hall–Kier alpha value is -10.4. The van der Waals surface area contributed by atoms with Crippen molar-refractivity contribution in [3.63, 3.8) is 0 Å². The number of carboxylic acid groups (broad SMARTS) is 4. The first-order valence-electron chi connectivity index (χ1n) is 27.9. The van der Waals surface area contributed by atoms with Crippen molar-refractivity contribution in [2.45, 2.75) is 39.8 Å². The van der Waals surface area contributed by atoms with Gasteiger partial charge in [0, 0.05) is 92.1 Å². The van der Waals surface area contributed by atoms with Gasteiger partial charge in [0.05, 0.1) is 45.8 Å². The molecule has 0 saturated heterocycles. The van der Waals surface area contributed by atoms with Crippen LogP contribution in [-0.2, 0) is 0 Å². The molecule has 20 heteroatoms. The summed E-state index contributed by atoms with van der Waals surface area (Å²) in [6, 6.07) is 66.1. The number of nitrogens with one attached hydrogen (secondary N) is 4. The van der Waals surface area contributed by atoms with E-state index in [-0.39, 0.29) is 34.3 Å². The molecule has 0 saturated carbocycles. The largest absolute Gasteiger partial charge is 0.545 e. The zero-order valence-electron chi connectivity index (χ0n) is 48.6. The summed E-state index contributed by atoms with van der Waals surface area (Å²) in [4.78, 5) is 51.0. The molecule has 0 aliphatic rings. The van der Waals surface area contributed by atoms with E-state index in [4.69, 9.17) is 66.6 Å². The number of nitrogens with zero attached hydrogens (tertiary/aromatic N) is 4. The van der Waals surface area contributed by atoms with Gasteiger partial charge in [0.25, 0.3) is 0 Å². The molecule has 0 amide bonds. The third-order valence-electron chi connectivity index (χ3n) is 13.5. The van der Waals surface area contributed by atoms with Gasteiger partial charge in [-0.15, -0.1) is 9.13 Å². The molecule has 0 spiro atoms. The molecule has 12 aromatic rings. The zero-order chi connectivity index (χ0) is 64.2. The minimum absolute atomic E-state index is 0.0556. The molecule has 0 radical (unpaired) electrons. The van der Waals surface area contributed by atoms with Gasteiger partial charge >= 0.3 is 11.9 Å². The van der Waals surface area contributed by atoms with Gasteiger partial charge in [-0.3, -0.25) is 0 Å². The van der Waals surface area contributed by atoms with Crippen LogP contribution in [0.2, 0.25) is 20.1 Å². The van der Waals surface area contributed by atoms with Gasteiger partial charge in [0.2, 0.25) is 33.4 Å². The summed E-state index contributed by atoms with van der Waals surface area (Å²) in [6.45, 7) is 8.51. The number of anilines is 6. The van der Waals surface area contributed by atoms with Gasteiger partial charge in [0.15, 0.2) is 0 Å². The van der Waals surface area contributed by atoms with Gasteiger partial charge in [-0.05, 0) is 160 Å². The molecule has 0 bridgehead atoms. The average molecular weight is 1280 g/mol. The van der Waals surface area contributed by atoms with Crippen LogP contribution in [0.5, 0.6) is 0 Å². The van der Waals surface area contributed by atoms with Gasteiger partial charge in [-0.1, -0.05) is 94.9 Å². The first-order chi connectivity index (χ1) is 43.2. The second-order valence-electron chi connectivity index (χ2n) is 20.8. The highest BCUT2D eigenvalue weighted by Gasteiger charge is 2.24. The Labute approximate surface area is 537 Å². The van der Waals surface area contributed by atoms with Gasteiger partial charge in [-0.2, -0.15) is 0 Å². The van der Waals surface area contributed by atoms with Crippen LogP contribution in [0.1, 0.15) is 69.1 Å². The van der Waals surface area contributed by atoms with E-state index >= 15 is 0 Å². The van der Waals surface area contributed by atoms with Crippen LogP contribution in [0.3, 0.4) is 0 Å². The minimum atomic E-state index is -1.33. The second-order valence-corrected chi connectivity index (χ2v) is 22.5. The maximum absolute atomic E-state index is 10.3. The quantitative estimate of drug-likeness (QED) is 0.0439. The highest BCUT2D eigenvalue weighted by Crippen LogP contribution is 2.34. The van der Waals surface area contributed by atoms with E-state index in [2.05, 4.69) is 94.5 Å². The van der Waals surface area contributed by atoms with Gasteiger partial charge in [0.1, 0.15) is 22.1 Å². The topological polar surface area (TPSA) is 237 Å². The molecule has 90 heavy (non-hydrogen) atoms. The standard InChI is InChI=1S/2C27H22Cl2N4.2C8H6O4/c2*1-17(2)30-24-16-27-25(15-23(24)31-20-11-7-18(28)8-12-20)32-22-5-3-4-6-26(22)33(27)21-13-9-19(29)10-14-21;2*9-7(10)5-1-2-6(4-3-5)8(11)12/h2*3-17H,1-2H3,(H,31,32);2*1-4H,(H,9,10)(H,11,12). The molecular formula is C70H56Cl4N8O8. The Morgan fingerprint density at radius 1 is 0.378 bits per heavy atom. The van der Waals surface area contributed by atoms with Crippen LogP contribution in [0.25, 0.3) is 55.5 Å². The summed E-state index contributed by atoms with van der Waals surface area (Å²) >= 11 is 24.5. The van der Waals surface area contributed by atoms with Crippen molar-refractivity contribution in [3.8, 4) is 11.4 Å². The number of aromatic carboxylic acids is 4. The van der Waals surface area contributed by atoms with Crippen LogP contribution in [-0.4, -0.2) is 56.1 Å². The lowest BCUT2D eigenvalue weighted by Crippen LogP contribution is -2.33. The zero-order valence-corrected chi connectivity index (χ0v) is 51.6. The fraction of sp³-hybridized carbons (Fsp3) is 0.0857. The number of hydrogen-bond donors (Lipinski definition) is 6. The summed E-state index contributed by atoms with van der Waals surface area (Å²) in [5.41, 5.74) is 15.6. The van der Waals surface area contributed by atoms with Crippen LogP contribution < -0.4 is 40.6 Å². The van der Waals surface area contributed by atoms with E-state index in [1.54, 1.807) is 0 Å². The third kappa shape index (κ3) is 16.2. The lowest BCUT2D eigenvalue weighted by Gasteiger charge is -2.17. The maximum Gasteiger partial charge on any atom is 0.335 e. The molecule has 16 nitrogen and oxygen atoms in total. The molecule has 0 aliphatic heterocycles. The SMILES string of the molecule is CC(C)Nc1cc2c(cc1Nc1ccc(Cl)cc1)nc1ccccc1[n+]2-c1ccc(Cl)cc1.CC(C)Nc1cc2c(cc1Nc1ccc(Cl)cc1)nc1ccccc1[n+]2-c1ccc(Cl)cc1.O=C(O)c1ccc(C(=O)O)cc1.O=C([O-])c1ccc(C(=O)[O-])cc1. The molecular weight excluding hydrogens is 1220 g/mol. The van der Waals surface area contributed by atoms with E-state index in [0.717, 1.165) is 114 Å². The number of benzene rings is 10. The molecule has 2 aromatic heterocycles. The van der Waals surface area contributed by atoms with Crippen LogP contribution in [0, 0.1) is 0 Å². The van der Waals surface area contributed by atoms with E-state index in [1.807, 2.05) is 133 Å². The molecule has 0 aliphatic carbocycles. The number of hydrogen-bond acceptors (Lipinski definition) is 12. The Bertz CT molecular complexity index is 4220. The van der Waals surface area contributed by atoms with Crippen molar-refractivity contribution in [1.82, 2.24) is 9.97 Å². The lowest BCUT2D eigenvalue weighted by atomic mass is 10.1. The van der Waals surface area contributed by atoms with Crippen molar-refractivity contribution in [2.75, 3.05) is 21.3 Å². The predicted octanol–water partition coefficient (Wildman–Crippen LogP) is 14.6. The number of rotatable bonds is 14. The summed E-state index contributed by atoms with van der Waals surface area (Å²) in [5.74, 6) is -4.79. The second kappa shape index (κ2) is 29.1. The Morgan fingerprint density at radius 2 is 0.678 bits per heavy atom. The number of carbonyl (C=O) groups is 4. The summed E-state index contributed by atoms with van der Waals surface area (Å²) in [6.07, 6.45) is 0. The normalized spacial score (nSPS) is 10.8. The Balaban J connectivity index is 0.000000157. The smallest absolute Gasteiger partial charge is 0.335 e. The fourth-order valence-corrected chi connectivity index (χ4v) is 9.89. The first kappa shape index (κ1) is 64.1. The molecule has 452 valence electrons. The number of carbonyl (C=O) groups excluding carboxylic acids is 2. The molecule has 0 unspecified atom stereocenters. The molecule has 0 atom stereocenters. The minimum Gasteiger partial charge on any atom is -0.545 e. The predicted molar refractivity (Wildman–Crippen MR) is 354 cm³/mol. The van der Waals surface area contributed by atoms with E-state index in [0.29, 0.717) is 20.1 Å². The van der Waals surface area contributed by atoms with Gasteiger partial charge in [-0.25, -0.2) is 19.6 Å². The van der Waals surface area contributed by atoms with Crippen LogP contribution in [0.15, 0.2) is 218 Å².